The summed E-state index contributed by atoms with van der Waals surface area (Å²) >= 11 is 3.41. The van der Waals surface area contributed by atoms with Gasteiger partial charge in [0.25, 0.3) is 0 Å². The Kier molecular flexibility index (Phi) is 6.59. The summed E-state index contributed by atoms with van der Waals surface area (Å²) in [6.45, 7) is 1.72. The third kappa shape index (κ3) is 6.40. The predicted octanol–water partition coefficient (Wildman–Crippen LogP) is 0.126. The van der Waals surface area contributed by atoms with E-state index in [-0.39, 0.29) is 0 Å². The molecule has 0 unspecified atom stereocenters. The second kappa shape index (κ2) is 7.96. The molecule has 0 aliphatic heterocycles. The van der Waals surface area contributed by atoms with Crippen molar-refractivity contribution < 1.29 is 19.5 Å². The Bertz CT molecular complexity index is 458. The summed E-state index contributed by atoms with van der Waals surface area (Å²) < 4.78 is 6.47. The lowest BCUT2D eigenvalue weighted by Crippen LogP contribution is -3.05. The standard InChI is InChI=1S/C14H18BrNO3/c1-16(2)8-3-9-19-13-6-4-11(10-12(13)15)5-7-14(17)18/h4-7,10H,3,8-9H2,1-2H3,(H,17,18)/b7-5+. The molecule has 0 aliphatic rings. The topological polar surface area (TPSA) is 53.8 Å². The van der Waals surface area contributed by atoms with Crippen molar-refractivity contribution in [3.05, 3.63) is 34.3 Å². The Balaban J connectivity index is 2.55. The zero-order valence-electron chi connectivity index (χ0n) is 11.1. The zero-order valence-corrected chi connectivity index (χ0v) is 12.7. The smallest absolute Gasteiger partial charge is 0.133 e. The molecule has 1 N–H and O–H groups in total. The number of benzene rings is 1. The van der Waals surface area contributed by atoms with Gasteiger partial charge >= 0.3 is 0 Å². The quantitative estimate of drug-likeness (QED) is 0.572. The first-order valence-corrected chi connectivity index (χ1v) is 6.89. The number of carbonyl (C=O) groups excluding carboxylic acids is 1. The van der Waals surface area contributed by atoms with E-state index in [2.05, 4.69) is 30.0 Å². The van der Waals surface area contributed by atoms with Crippen molar-refractivity contribution in [3.8, 4) is 5.75 Å². The molecule has 1 rings (SSSR count). The number of quaternary nitrogens is 1. The number of ether oxygens (including phenoxy) is 1. The number of hydrogen-bond acceptors (Lipinski definition) is 3. The van der Waals surface area contributed by atoms with Gasteiger partial charge in [-0.1, -0.05) is 12.1 Å². The Morgan fingerprint density at radius 1 is 1.47 bits per heavy atom. The fourth-order valence-electron chi connectivity index (χ4n) is 1.51. The molecule has 0 radical (unpaired) electrons. The molecular formula is C14H18BrNO3. The van der Waals surface area contributed by atoms with E-state index in [1.54, 1.807) is 6.07 Å². The van der Waals surface area contributed by atoms with Gasteiger partial charge < -0.3 is 19.5 Å². The minimum atomic E-state index is -1.21. The maximum Gasteiger partial charge on any atom is 0.133 e. The van der Waals surface area contributed by atoms with Crippen molar-refractivity contribution in [1.82, 2.24) is 0 Å². The number of aliphatic carboxylic acids is 1. The van der Waals surface area contributed by atoms with E-state index in [1.807, 2.05) is 12.1 Å². The van der Waals surface area contributed by atoms with E-state index in [0.717, 1.165) is 34.8 Å². The highest BCUT2D eigenvalue weighted by Gasteiger charge is 2.02. The molecule has 0 aromatic heterocycles. The summed E-state index contributed by atoms with van der Waals surface area (Å²) in [5, 5.41) is 10.3. The molecule has 0 aliphatic carbocycles. The van der Waals surface area contributed by atoms with E-state index in [0.29, 0.717) is 6.61 Å². The minimum absolute atomic E-state index is 0.665. The first-order chi connectivity index (χ1) is 8.99. The molecule has 5 heteroatoms. The Hall–Kier alpha value is -1.33. The van der Waals surface area contributed by atoms with Crippen molar-refractivity contribution in [2.75, 3.05) is 27.2 Å². The maximum absolute atomic E-state index is 10.3. The van der Waals surface area contributed by atoms with Gasteiger partial charge in [0.15, 0.2) is 0 Å². The lowest BCUT2D eigenvalue weighted by atomic mass is 10.2. The summed E-state index contributed by atoms with van der Waals surface area (Å²) in [6, 6.07) is 5.43. The summed E-state index contributed by atoms with van der Waals surface area (Å²) in [7, 11) is 4.21. The fraction of sp³-hybridized carbons (Fsp3) is 0.357. The van der Waals surface area contributed by atoms with Crippen LogP contribution in [0.3, 0.4) is 0 Å². The van der Waals surface area contributed by atoms with Gasteiger partial charge in [0, 0.05) is 6.42 Å². The summed E-state index contributed by atoms with van der Waals surface area (Å²) in [4.78, 5) is 11.7. The first kappa shape index (κ1) is 15.7. The Morgan fingerprint density at radius 3 is 2.79 bits per heavy atom. The van der Waals surface area contributed by atoms with Crippen LogP contribution >= 0.6 is 15.9 Å². The molecule has 0 amide bonds. The molecule has 1 aromatic rings. The number of carbonyl (C=O) groups is 1. The molecule has 0 saturated carbocycles. The summed E-state index contributed by atoms with van der Waals surface area (Å²) in [5.74, 6) is -0.443. The van der Waals surface area contributed by atoms with Crippen molar-refractivity contribution in [3.63, 3.8) is 0 Å². The van der Waals surface area contributed by atoms with Crippen molar-refractivity contribution in [2.24, 2.45) is 0 Å². The van der Waals surface area contributed by atoms with Gasteiger partial charge in [-0.2, -0.15) is 0 Å². The van der Waals surface area contributed by atoms with Crippen LogP contribution in [0, 0.1) is 0 Å². The second-order valence-corrected chi connectivity index (χ2v) is 5.36. The monoisotopic (exact) mass is 327 g/mol. The number of nitrogens with one attached hydrogen (secondary N) is 1. The summed E-state index contributed by atoms with van der Waals surface area (Å²) in [6.07, 6.45) is 3.47. The predicted molar refractivity (Wildman–Crippen MR) is 76.0 cm³/mol. The molecule has 0 spiro atoms. The molecule has 104 valence electrons. The largest absolute Gasteiger partial charge is 0.545 e. The van der Waals surface area contributed by atoms with E-state index >= 15 is 0 Å². The van der Waals surface area contributed by atoms with Gasteiger partial charge in [0.2, 0.25) is 0 Å². The third-order valence-corrected chi connectivity index (χ3v) is 3.07. The average Bonchev–Trinajstić information content (AvgIpc) is 2.33. The second-order valence-electron chi connectivity index (χ2n) is 4.50. The third-order valence-electron chi connectivity index (χ3n) is 2.45. The number of rotatable bonds is 7. The summed E-state index contributed by atoms with van der Waals surface area (Å²) in [5.41, 5.74) is 0.779. The fourth-order valence-corrected chi connectivity index (χ4v) is 2.02. The van der Waals surface area contributed by atoms with Crippen LogP contribution in [0.4, 0.5) is 0 Å². The molecule has 0 saturated heterocycles. The van der Waals surface area contributed by atoms with Gasteiger partial charge in [-0.05, 0) is 39.7 Å². The molecule has 0 atom stereocenters. The lowest BCUT2D eigenvalue weighted by molar-refractivity contribution is -0.858. The van der Waals surface area contributed by atoms with Crippen LogP contribution in [0.5, 0.6) is 5.75 Å². The van der Waals surface area contributed by atoms with Crippen LogP contribution in [0.25, 0.3) is 6.08 Å². The van der Waals surface area contributed by atoms with Crippen LogP contribution in [-0.4, -0.2) is 33.2 Å². The van der Waals surface area contributed by atoms with Gasteiger partial charge in [-0.15, -0.1) is 0 Å². The highest BCUT2D eigenvalue weighted by Crippen LogP contribution is 2.26. The Morgan fingerprint density at radius 2 is 2.21 bits per heavy atom. The van der Waals surface area contributed by atoms with Crippen molar-refractivity contribution in [2.45, 2.75) is 6.42 Å². The van der Waals surface area contributed by atoms with Gasteiger partial charge in [0.05, 0.1) is 37.7 Å². The first-order valence-electron chi connectivity index (χ1n) is 6.09. The van der Waals surface area contributed by atoms with Crippen LogP contribution in [0.2, 0.25) is 0 Å². The highest BCUT2D eigenvalue weighted by atomic mass is 79.9. The number of carboxylic acid groups (broad SMARTS) is 1. The molecule has 0 fully saturated rings. The van der Waals surface area contributed by atoms with Crippen LogP contribution in [0.1, 0.15) is 12.0 Å². The average molecular weight is 328 g/mol. The normalized spacial score (nSPS) is 11.2. The molecule has 1 aromatic carbocycles. The lowest BCUT2D eigenvalue weighted by Gasteiger charge is -2.10. The number of halogens is 1. The highest BCUT2D eigenvalue weighted by molar-refractivity contribution is 9.10. The number of hydrogen-bond donors (Lipinski definition) is 1. The van der Waals surface area contributed by atoms with Crippen LogP contribution < -0.4 is 14.7 Å². The maximum atomic E-state index is 10.3. The number of carboxylic acids is 1. The molecule has 19 heavy (non-hydrogen) atoms. The van der Waals surface area contributed by atoms with E-state index < -0.39 is 5.97 Å². The van der Waals surface area contributed by atoms with Crippen molar-refractivity contribution in [1.29, 1.82) is 0 Å². The van der Waals surface area contributed by atoms with E-state index in [9.17, 15) is 9.90 Å². The van der Waals surface area contributed by atoms with Crippen LogP contribution in [0.15, 0.2) is 28.7 Å². The molecule has 0 heterocycles. The van der Waals surface area contributed by atoms with E-state index in [4.69, 9.17) is 4.74 Å². The van der Waals surface area contributed by atoms with Crippen LogP contribution in [-0.2, 0) is 4.79 Å². The van der Waals surface area contributed by atoms with Gasteiger partial charge in [0.1, 0.15) is 5.75 Å². The zero-order chi connectivity index (χ0) is 14.3. The SMILES string of the molecule is C[NH+](C)CCCOc1ccc(/C=C/C(=O)[O-])cc1Br. The van der Waals surface area contributed by atoms with Gasteiger partial charge in [-0.3, -0.25) is 0 Å². The Labute approximate surface area is 121 Å². The molecular weight excluding hydrogens is 310 g/mol. The minimum Gasteiger partial charge on any atom is -0.545 e. The van der Waals surface area contributed by atoms with E-state index in [1.165, 1.54) is 11.0 Å². The molecule has 0 bridgehead atoms. The van der Waals surface area contributed by atoms with Crippen molar-refractivity contribution >= 4 is 28.0 Å². The van der Waals surface area contributed by atoms with Gasteiger partial charge in [-0.25, -0.2) is 0 Å². The molecule has 4 nitrogen and oxygen atoms in total.